The van der Waals surface area contributed by atoms with E-state index in [0.29, 0.717) is 54.1 Å². The van der Waals surface area contributed by atoms with E-state index in [4.69, 9.17) is 15.9 Å². The predicted molar refractivity (Wildman–Crippen MR) is 141 cm³/mol. The van der Waals surface area contributed by atoms with Gasteiger partial charge in [0.15, 0.2) is 6.10 Å². The Labute approximate surface area is 224 Å². The first-order valence-electron chi connectivity index (χ1n) is 12.5. The normalized spacial score (nSPS) is 15.5. The summed E-state index contributed by atoms with van der Waals surface area (Å²) < 4.78 is 43.8. The van der Waals surface area contributed by atoms with Crippen molar-refractivity contribution in [2.75, 3.05) is 25.4 Å². The van der Waals surface area contributed by atoms with Crippen LogP contribution < -0.4 is 15.8 Å². The predicted octanol–water partition coefficient (Wildman–Crippen LogP) is 3.78. The molecule has 1 aromatic heterocycles. The van der Waals surface area contributed by atoms with Crippen molar-refractivity contribution in [3.8, 4) is 5.75 Å². The molecule has 5 N–H and O–H groups in total. The fourth-order valence-electron chi connectivity index (χ4n) is 4.30. The maximum absolute atomic E-state index is 12.7. The Morgan fingerprint density at radius 1 is 1.13 bits per heavy atom. The first-order valence-corrected chi connectivity index (χ1v) is 12.5. The standard InChI is InChI=1S/C28H30F3N5O3/c29-28(30,31)25(37)17-36-13-10-22(11-14-36)39-21-7-4-18(5-8-21)26(33)23-15-19(6-9-24(23)32)27(38)35-16-20-3-1-2-12-34-20/h1-9,12,15,22,25,33,37H,10-11,13-14,16-17,32H2,(H,35,38). The van der Waals surface area contributed by atoms with E-state index in [2.05, 4.69) is 10.3 Å². The third-order valence-corrected chi connectivity index (χ3v) is 6.53. The Balaban J connectivity index is 1.33. The summed E-state index contributed by atoms with van der Waals surface area (Å²) in [6, 6.07) is 17.1. The second-order valence-corrected chi connectivity index (χ2v) is 9.38. The number of hydrogen-bond acceptors (Lipinski definition) is 7. The highest BCUT2D eigenvalue weighted by atomic mass is 19.4. The summed E-state index contributed by atoms with van der Waals surface area (Å²) in [5.74, 6) is 0.272. The summed E-state index contributed by atoms with van der Waals surface area (Å²) in [7, 11) is 0. The van der Waals surface area contributed by atoms with Gasteiger partial charge < -0.3 is 25.8 Å². The van der Waals surface area contributed by atoms with Gasteiger partial charge in [-0.1, -0.05) is 6.07 Å². The van der Waals surface area contributed by atoms with Gasteiger partial charge in [-0.3, -0.25) is 15.2 Å². The average Bonchev–Trinajstić information content (AvgIpc) is 2.93. The summed E-state index contributed by atoms with van der Waals surface area (Å²) in [4.78, 5) is 18.4. The van der Waals surface area contributed by atoms with E-state index in [1.165, 1.54) is 0 Å². The van der Waals surface area contributed by atoms with Gasteiger partial charge in [0.1, 0.15) is 11.9 Å². The number of aromatic nitrogens is 1. The van der Waals surface area contributed by atoms with E-state index in [9.17, 15) is 23.1 Å². The van der Waals surface area contributed by atoms with Crippen LogP contribution in [-0.4, -0.2) is 64.6 Å². The van der Waals surface area contributed by atoms with Gasteiger partial charge in [-0.15, -0.1) is 0 Å². The molecule has 1 amide bonds. The van der Waals surface area contributed by atoms with Crippen LogP contribution >= 0.6 is 0 Å². The number of nitrogen functional groups attached to an aromatic ring is 1. The molecule has 39 heavy (non-hydrogen) atoms. The number of aliphatic hydroxyl groups is 1. The molecule has 2 heterocycles. The summed E-state index contributed by atoms with van der Waals surface area (Å²) in [6.07, 6.45) is -4.42. The van der Waals surface area contributed by atoms with Crippen LogP contribution in [0.4, 0.5) is 18.9 Å². The van der Waals surface area contributed by atoms with Crippen LogP contribution in [0.2, 0.25) is 0 Å². The zero-order valence-electron chi connectivity index (χ0n) is 21.1. The van der Waals surface area contributed by atoms with E-state index in [1.807, 2.05) is 12.1 Å². The van der Waals surface area contributed by atoms with Crippen molar-refractivity contribution >= 4 is 17.3 Å². The first kappa shape index (κ1) is 28.1. The van der Waals surface area contributed by atoms with E-state index >= 15 is 0 Å². The maximum atomic E-state index is 12.7. The molecule has 0 bridgehead atoms. The molecular formula is C28H30F3N5O3. The molecule has 1 aliphatic rings. The molecule has 3 aromatic rings. The second-order valence-electron chi connectivity index (χ2n) is 9.38. The van der Waals surface area contributed by atoms with Crippen LogP contribution in [0, 0.1) is 5.41 Å². The summed E-state index contributed by atoms with van der Waals surface area (Å²) in [5, 5.41) is 20.7. The van der Waals surface area contributed by atoms with Crippen LogP contribution in [0.15, 0.2) is 66.9 Å². The molecule has 1 saturated heterocycles. The third-order valence-electron chi connectivity index (χ3n) is 6.53. The fraction of sp³-hybridized carbons (Fsp3) is 0.321. The number of carbonyl (C=O) groups excluding carboxylic acids is 1. The van der Waals surface area contributed by atoms with Crippen molar-refractivity contribution in [1.29, 1.82) is 5.41 Å². The van der Waals surface area contributed by atoms with Gasteiger partial charge in [0.25, 0.3) is 5.91 Å². The Hall–Kier alpha value is -3.96. The van der Waals surface area contributed by atoms with Crippen molar-refractivity contribution in [2.24, 2.45) is 0 Å². The number of ether oxygens (including phenoxy) is 1. The number of nitrogens with zero attached hydrogens (tertiary/aromatic N) is 2. The Morgan fingerprint density at radius 3 is 2.46 bits per heavy atom. The molecule has 1 fully saturated rings. The summed E-state index contributed by atoms with van der Waals surface area (Å²) in [6.45, 7) is 0.618. The van der Waals surface area contributed by atoms with E-state index < -0.39 is 18.8 Å². The minimum Gasteiger partial charge on any atom is -0.490 e. The minimum atomic E-state index is -4.62. The van der Waals surface area contributed by atoms with Crippen LogP contribution in [0.1, 0.15) is 40.0 Å². The second kappa shape index (κ2) is 12.3. The smallest absolute Gasteiger partial charge is 0.415 e. The molecule has 0 radical (unpaired) electrons. The number of β-amino-alcohol motifs (C(OH)–C–C–N with tert-alkyl or cyclic N) is 1. The molecule has 0 spiro atoms. The number of likely N-dealkylation sites (tertiary alicyclic amines) is 1. The van der Waals surface area contributed by atoms with Gasteiger partial charge in [-0.25, -0.2) is 0 Å². The molecule has 2 aromatic carbocycles. The van der Waals surface area contributed by atoms with E-state index in [0.717, 1.165) is 5.69 Å². The molecule has 0 aliphatic carbocycles. The van der Waals surface area contributed by atoms with Gasteiger partial charge >= 0.3 is 6.18 Å². The Kier molecular flexibility index (Phi) is 8.82. The molecule has 1 aliphatic heterocycles. The number of alkyl halides is 3. The molecule has 8 nitrogen and oxygen atoms in total. The number of anilines is 1. The number of piperidine rings is 1. The molecule has 1 unspecified atom stereocenters. The van der Waals surface area contributed by atoms with Gasteiger partial charge in [0.05, 0.1) is 18.0 Å². The highest BCUT2D eigenvalue weighted by Gasteiger charge is 2.39. The zero-order chi connectivity index (χ0) is 28.0. The lowest BCUT2D eigenvalue weighted by Gasteiger charge is -2.33. The fourth-order valence-corrected chi connectivity index (χ4v) is 4.30. The number of nitrogens with one attached hydrogen (secondary N) is 2. The lowest BCUT2D eigenvalue weighted by atomic mass is 9.98. The largest absolute Gasteiger partial charge is 0.490 e. The lowest BCUT2D eigenvalue weighted by Crippen LogP contribution is -2.45. The van der Waals surface area contributed by atoms with Crippen LogP contribution in [0.3, 0.4) is 0 Å². The van der Waals surface area contributed by atoms with Gasteiger partial charge in [-0.05, 0) is 67.4 Å². The summed E-state index contributed by atoms with van der Waals surface area (Å²) in [5.41, 5.74) is 8.73. The number of rotatable bonds is 9. The number of nitrogens with two attached hydrogens (primary N) is 1. The number of benzene rings is 2. The summed E-state index contributed by atoms with van der Waals surface area (Å²) >= 11 is 0. The number of halogens is 3. The van der Waals surface area contributed by atoms with Crippen molar-refractivity contribution in [3.05, 3.63) is 89.2 Å². The molecule has 11 heteroatoms. The average molecular weight is 542 g/mol. The van der Waals surface area contributed by atoms with Crippen LogP contribution in [0.5, 0.6) is 5.75 Å². The number of carbonyl (C=O) groups is 1. The third kappa shape index (κ3) is 7.55. The molecule has 1 atom stereocenters. The Bertz CT molecular complexity index is 1280. The molecular weight excluding hydrogens is 511 g/mol. The highest BCUT2D eigenvalue weighted by Crippen LogP contribution is 2.25. The van der Waals surface area contributed by atoms with Gasteiger partial charge in [0.2, 0.25) is 0 Å². The van der Waals surface area contributed by atoms with Gasteiger partial charge in [0, 0.05) is 48.2 Å². The first-order chi connectivity index (χ1) is 18.6. The number of pyridine rings is 1. The topological polar surface area (TPSA) is 125 Å². The highest BCUT2D eigenvalue weighted by molar-refractivity contribution is 6.14. The van der Waals surface area contributed by atoms with Crippen molar-refractivity contribution in [3.63, 3.8) is 0 Å². The maximum Gasteiger partial charge on any atom is 0.415 e. The molecule has 0 saturated carbocycles. The molecule has 4 rings (SSSR count). The van der Waals surface area contributed by atoms with E-state index in [1.54, 1.807) is 59.6 Å². The lowest BCUT2D eigenvalue weighted by molar-refractivity contribution is -0.208. The van der Waals surface area contributed by atoms with Gasteiger partial charge in [-0.2, -0.15) is 13.2 Å². The SMILES string of the molecule is N=C(c1ccc(OC2CCN(CC(O)C(F)(F)F)CC2)cc1)c1cc(C(=O)NCc2ccccn2)ccc1N. The van der Waals surface area contributed by atoms with Crippen molar-refractivity contribution in [2.45, 2.75) is 37.8 Å². The van der Waals surface area contributed by atoms with Crippen molar-refractivity contribution < 1.29 is 27.8 Å². The Morgan fingerprint density at radius 2 is 1.82 bits per heavy atom. The van der Waals surface area contributed by atoms with Crippen LogP contribution in [0.25, 0.3) is 0 Å². The molecule has 206 valence electrons. The number of amides is 1. The van der Waals surface area contributed by atoms with E-state index in [-0.39, 0.29) is 24.3 Å². The minimum absolute atomic E-state index is 0.148. The number of aliphatic hydroxyl groups excluding tert-OH is 1. The zero-order valence-corrected chi connectivity index (χ0v) is 21.1. The van der Waals surface area contributed by atoms with Crippen molar-refractivity contribution in [1.82, 2.24) is 15.2 Å². The number of hydrogen-bond donors (Lipinski definition) is 4. The monoisotopic (exact) mass is 541 g/mol. The van der Waals surface area contributed by atoms with Crippen LogP contribution in [-0.2, 0) is 6.54 Å². The quantitative estimate of drug-likeness (QED) is 0.242.